The van der Waals surface area contributed by atoms with E-state index in [1.165, 1.54) is 11.1 Å². The Morgan fingerprint density at radius 3 is 2.63 bits per heavy atom. The van der Waals surface area contributed by atoms with Gasteiger partial charge in [0.15, 0.2) is 0 Å². The summed E-state index contributed by atoms with van der Waals surface area (Å²) in [6, 6.07) is 8.61. The molecule has 1 amide bonds. The number of benzene rings is 1. The first kappa shape index (κ1) is 14.1. The fourth-order valence-corrected chi connectivity index (χ4v) is 3.01. The molecule has 2 unspecified atom stereocenters. The second-order valence-electron chi connectivity index (χ2n) is 6.42. The van der Waals surface area contributed by atoms with Crippen LogP contribution >= 0.6 is 0 Å². The largest absolute Gasteiger partial charge is 0.347 e. The van der Waals surface area contributed by atoms with Crippen LogP contribution in [0, 0.1) is 5.41 Å². The fourth-order valence-electron chi connectivity index (χ4n) is 3.01. The number of nitrogens with one attached hydrogen (secondary N) is 1. The Morgan fingerprint density at radius 2 is 2.00 bits per heavy atom. The van der Waals surface area contributed by atoms with E-state index in [1.54, 1.807) is 19.0 Å². The first-order valence-electron chi connectivity index (χ1n) is 6.88. The van der Waals surface area contributed by atoms with Crippen molar-refractivity contribution in [3.05, 3.63) is 35.4 Å². The highest BCUT2D eigenvalue weighted by Crippen LogP contribution is 2.45. The molecule has 19 heavy (non-hydrogen) atoms. The highest BCUT2D eigenvalue weighted by molar-refractivity contribution is 5.81. The molecule has 0 spiro atoms. The van der Waals surface area contributed by atoms with Crippen molar-refractivity contribution >= 4 is 5.91 Å². The Morgan fingerprint density at radius 1 is 1.37 bits per heavy atom. The van der Waals surface area contributed by atoms with Gasteiger partial charge in [-0.3, -0.25) is 10.1 Å². The van der Waals surface area contributed by atoms with E-state index in [-0.39, 0.29) is 23.4 Å². The maximum atomic E-state index is 12.0. The van der Waals surface area contributed by atoms with Gasteiger partial charge in [-0.2, -0.15) is 0 Å². The summed E-state index contributed by atoms with van der Waals surface area (Å²) in [4.78, 5) is 13.7. The number of hydrogen-bond donors (Lipinski definition) is 1. The Bertz CT molecular complexity index is 479. The van der Waals surface area contributed by atoms with Crippen molar-refractivity contribution in [2.45, 2.75) is 39.3 Å². The van der Waals surface area contributed by atoms with E-state index in [0.717, 1.165) is 6.42 Å². The third-order valence-corrected chi connectivity index (χ3v) is 4.02. The number of nitrogens with zero attached hydrogens (tertiary/aromatic N) is 1. The lowest BCUT2D eigenvalue weighted by molar-refractivity contribution is -0.130. The molecule has 0 bridgehead atoms. The van der Waals surface area contributed by atoms with E-state index >= 15 is 0 Å². The van der Waals surface area contributed by atoms with E-state index in [4.69, 9.17) is 0 Å². The van der Waals surface area contributed by atoms with Gasteiger partial charge in [0.2, 0.25) is 5.91 Å². The Hall–Kier alpha value is -1.35. The van der Waals surface area contributed by atoms with Gasteiger partial charge in [0.1, 0.15) is 0 Å². The van der Waals surface area contributed by atoms with Crippen LogP contribution in [0.1, 0.15) is 37.9 Å². The van der Waals surface area contributed by atoms with Crippen molar-refractivity contribution in [3.8, 4) is 0 Å². The summed E-state index contributed by atoms with van der Waals surface area (Å²) in [6.07, 6.45) is 1.06. The standard InChI is InChI=1S/C16H24N2O/c1-11(15(19)18(4)5)17-14-13-9-7-6-8-12(13)10-16(14,2)3/h6-9,11,14,17H,10H2,1-5H3. The summed E-state index contributed by atoms with van der Waals surface area (Å²) < 4.78 is 0. The lowest BCUT2D eigenvalue weighted by atomic mass is 9.85. The van der Waals surface area contributed by atoms with Crippen molar-refractivity contribution in [2.75, 3.05) is 14.1 Å². The third-order valence-electron chi connectivity index (χ3n) is 4.02. The molecular weight excluding hydrogens is 236 g/mol. The molecule has 0 heterocycles. The summed E-state index contributed by atoms with van der Waals surface area (Å²) in [5.74, 6) is 0.125. The number of carbonyl (C=O) groups is 1. The van der Waals surface area contributed by atoms with Crippen LogP contribution in [0.3, 0.4) is 0 Å². The number of likely N-dealkylation sites (N-methyl/N-ethyl adjacent to an activating group) is 1. The molecule has 0 aliphatic heterocycles. The first-order valence-corrected chi connectivity index (χ1v) is 6.88. The molecule has 0 aromatic heterocycles. The van der Waals surface area contributed by atoms with Crippen molar-refractivity contribution in [1.82, 2.24) is 10.2 Å². The molecule has 1 aromatic carbocycles. The van der Waals surface area contributed by atoms with Crippen LogP contribution in [0.15, 0.2) is 24.3 Å². The van der Waals surface area contributed by atoms with E-state index in [9.17, 15) is 4.79 Å². The van der Waals surface area contributed by atoms with Crippen molar-refractivity contribution in [2.24, 2.45) is 5.41 Å². The van der Waals surface area contributed by atoms with Gasteiger partial charge in [0.25, 0.3) is 0 Å². The molecule has 104 valence electrons. The summed E-state index contributed by atoms with van der Waals surface area (Å²) in [5.41, 5.74) is 2.88. The van der Waals surface area contributed by atoms with Crippen LogP contribution in [-0.4, -0.2) is 30.9 Å². The normalized spacial score (nSPS) is 21.8. The number of rotatable bonds is 3. The number of fused-ring (bicyclic) bond motifs is 1. The van der Waals surface area contributed by atoms with Gasteiger partial charge in [-0.1, -0.05) is 38.1 Å². The zero-order valence-electron chi connectivity index (χ0n) is 12.5. The van der Waals surface area contributed by atoms with Crippen molar-refractivity contribution in [1.29, 1.82) is 0 Å². The number of amides is 1. The summed E-state index contributed by atoms with van der Waals surface area (Å²) in [5, 5.41) is 3.52. The molecule has 0 saturated carbocycles. The summed E-state index contributed by atoms with van der Waals surface area (Å²) in [6.45, 7) is 6.47. The maximum absolute atomic E-state index is 12.0. The average molecular weight is 260 g/mol. The van der Waals surface area contributed by atoms with E-state index in [2.05, 4.69) is 43.4 Å². The quantitative estimate of drug-likeness (QED) is 0.905. The SMILES string of the molecule is CC(NC1c2ccccc2CC1(C)C)C(=O)N(C)C. The lowest BCUT2D eigenvalue weighted by Crippen LogP contribution is -2.45. The second-order valence-corrected chi connectivity index (χ2v) is 6.42. The van der Waals surface area contributed by atoms with E-state index in [1.807, 2.05) is 6.92 Å². The number of carbonyl (C=O) groups excluding carboxylic acids is 1. The predicted octanol–water partition coefficient (Wildman–Crippen LogP) is 2.38. The highest BCUT2D eigenvalue weighted by atomic mass is 16.2. The minimum absolute atomic E-state index is 0.125. The maximum Gasteiger partial charge on any atom is 0.238 e. The third kappa shape index (κ3) is 2.66. The van der Waals surface area contributed by atoms with Gasteiger partial charge in [0.05, 0.1) is 6.04 Å². The Kier molecular flexibility index (Phi) is 3.68. The summed E-state index contributed by atoms with van der Waals surface area (Å²) in [7, 11) is 3.60. The monoisotopic (exact) mass is 260 g/mol. The highest BCUT2D eigenvalue weighted by Gasteiger charge is 2.39. The smallest absolute Gasteiger partial charge is 0.238 e. The molecule has 1 aliphatic carbocycles. The first-order chi connectivity index (χ1) is 8.83. The second kappa shape index (κ2) is 4.97. The molecule has 1 N–H and O–H groups in total. The van der Waals surface area contributed by atoms with Crippen molar-refractivity contribution < 1.29 is 4.79 Å². The minimum Gasteiger partial charge on any atom is -0.347 e. The fraction of sp³-hybridized carbons (Fsp3) is 0.562. The molecule has 3 heteroatoms. The molecule has 0 fully saturated rings. The van der Waals surface area contributed by atoms with Crippen LogP contribution in [-0.2, 0) is 11.2 Å². The lowest BCUT2D eigenvalue weighted by Gasteiger charge is -2.31. The Balaban J connectivity index is 2.22. The van der Waals surface area contributed by atoms with Gasteiger partial charge in [-0.15, -0.1) is 0 Å². The topological polar surface area (TPSA) is 32.3 Å². The molecule has 2 atom stereocenters. The van der Waals surface area contributed by atoms with Crippen LogP contribution in [0.4, 0.5) is 0 Å². The van der Waals surface area contributed by atoms with Gasteiger partial charge < -0.3 is 4.90 Å². The predicted molar refractivity (Wildman–Crippen MR) is 78.0 cm³/mol. The van der Waals surface area contributed by atoms with Gasteiger partial charge >= 0.3 is 0 Å². The molecular formula is C16H24N2O. The van der Waals surface area contributed by atoms with Crippen LogP contribution in [0.5, 0.6) is 0 Å². The molecule has 1 aliphatic rings. The van der Waals surface area contributed by atoms with E-state index in [0.29, 0.717) is 0 Å². The molecule has 0 saturated heterocycles. The van der Waals surface area contributed by atoms with Crippen LogP contribution in [0.25, 0.3) is 0 Å². The summed E-state index contributed by atoms with van der Waals surface area (Å²) >= 11 is 0. The average Bonchev–Trinajstić information content (AvgIpc) is 2.59. The number of hydrogen-bond acceptors (Lipinski definition) is 2. The van der Waals surface area contributed by atoms with Gasteiger partial charge in [-0.25, -0.2) is 0 Å². The zero-order chi connectivity index (χ0) is 14.2. The van der Waals surface area contributed by atoms with Crippen molar-refractivity contribution in [3.63, 3.8) is 0 Å². The molecule has 2 rings (SSSR count). The molecule has 1 aromatic rings. The molecule has 0 radical (unpaired) electrons. The van der Waals surface area contributed by atoms with Gasteiger partial charge in [-0.05, 0) is 29.9 Å². The minimum atomic E-state index is -0.162. The van der Waals surface area contributed by atoms with E-state index < -0.39 is 0 Å². The molecule has 3 nitrogen and oxygen atoms in total. The van der Waals surface area contributed by atoms with Gasteiger partial charge in [0, 0.05) is 20.1 Å². The Labute approximate surface area is 116 Å². The zero-order valence-corrected chi connectivity index (χ0v) is 12.5. The van der Waals surface area contributed by atoms with Crippen LogP contribution < -0.4 is 5.32 Å². The van der Waals surface area contributed by atoms with Crippen LogP contribution in [0.2, 0.25) is 0 Å².